The Balaban J connectivity index is 1.53. The summed E-state index contributed by atoms with van der Waals surface area (Å²) in [5, 5.41) is 2.91. The van der Waals surface area contributed by atoms with E-state index in [1.807, 2.05) is 36.1 Å². The van der Waals surface area contributed by atoms with E-state index in [0.717, 1.165) is 37.2 Å². The van der Waals surface area contributed by atoms with Crippen molar-refractivity contribution in [1.29, 1.82) is 0 Å². The highest BCUT2D eigenvalue weighted by atomic mass is 16.5. The number of rotatable bonds is 8. The first-order valence-electron chi connectivity index (χ1n) is 10.00. The SMILES string of the molecule is COc1ccccc1C(C)CC(=O)Nc1cccc(OCC(=O)N2CCCC2)c1. The number of anilines is 1. The maximum absolute atomic E-state index is 12.5. The molecule has 2 amide bonds. The Kier molecular flexibility index (Phi) is 7.11. The van der Waals surface area contributed by atoms with Crippen LogP contribution in [0.4, 0.5) is 5.69 Å². The van der Waals surface area contributed by atoms with Gasteiger partial charge >= 0.3 is 0 Å². The molecule has 0 spiro atoms. The van der Waals surface area contributed by atoms with Gasteiger partial charge in [-0.05, 0) is 42.5 Å². The van der Waals surface area contributed by atoms with Crippen LogP contribution in [0.1, 0.15) is 37.7 Å². The molecule has 1 unspecified atom stereocenters. The summed E-state index contributed by atoms with van der Waals surface area (Å²) in [6.07, 6.45) is 2.44. The molecule has 2 aromatic rings. The molecule has 154 valence electrons. The number of hydrogen-bond donors (Lipinski definition) is 1. The highest BCUT2D eigenvalue weighted by molar-refractivity contribution is 5.91. The van der Waals surface area contributed by atoms with Crippen LogP contribution in [0.25, 0.3) is 0 Å². The normalized spacial score (nSPS) is 14.3. The minimum atomic E-state index is -0.0892. The van der Waals surface area contributed by atoms with Crippen molar-refractivity contribution in [3.05, 3.63) is 54.1 Å². The van der Waals surface area contributed by atoms with Crippen LogP contribution in [0.2, 0.25) is 0 Å². The smallest absolute Gasteiger partial charge is 0.260 e. The third-order valence-electron chi connectivity index (χ3n) is 5.10. The molecule has 0 saturated carbocycles. The van der Waals surface area contributed by atoms with Gasteiger partial charge in [-0.2, -0.15) is 0 Å². The fourth-order valence-corrected chi connectivity index (χ4v) is 3.54. The molecule has 0 aliphatic carbocycles. The van der Waals surface area contributed by atoms with Crippen molar-refractivity contribution in [1.82, 2.24) is 4.90 Å². The summed E-state index contributed by atoms with van der Waals surface area (Å²) in [7, 11) is 1.63. The Labute approximate surface area is 171 Å². The summed E-state index contributed by atoms with van der Waals surface area (Å²) >= 11 is 0. The van der Waals surface area contributed by atoms with Crippen molar-refractivity contribution >= 4 is 17.5 Å². The van der Waals surface area contributed by atoms with E-state index in [4.69, 9.17) is 9.47 Å². The lowest BCUT2D eigenvalue weighted by molar-refractivity contribution is -0.132. The zero-order valence-electron chi connectivity index (χ0n) is 17.0. The minimum Gasteiger partial charge on any atom is -0.496 e. The number of carbonyl (C=O) groups excluding carboxylic acids is 2. The van der Waals surface area contributed by atoms with E-state index in [9.17, 15) is 9.59 Å². The summed E-state index contributed by atoms with van der Waals surface area (Å²) in [4.78, 5) is 26.4. The molecule has 1 atom stereocenters. The highest BCUT2D eigenvalue weighted by Gasteiger charge is 2.18. The van der Waals surface area contributed by atoms with Crippen molar-refractivity contribution in [2.75, 3.05) is 32.1 Å². The molecular weight excluding hydrogens is 368 g/mol. The third kappa shape index (κ3) is 5.73. The van der Waals surface area contributed by atoms with Crippen molar-refractivity contribution in [3.8, 4) is 11.5 Å². The average molecular weight is 396 g/mol. The molecule has 6 nitrogen and oxygen atoms in total. The van der Waals surface area contributed by atoms with Gasteiger partial charge in [-0.15, -0.1) is 0 Å². The van der Waals surface area contributed by atoms with E-state index in [0.29, 0.717) is 17.9 Å². The molecule has 1 aliphatic rings. The Morgan fingerprint density at radius 2 is 1.86 bits per heavy atom. The number of amides is 2. The van der Waals surface area contributed by atoms with Gasteiger partial charge in [-0.3, -0.25) is 9.59 Å². The standard InChI is InChI=1S/C23H28N2O4/c1-17(20-10-3-4-11-21(20)28-2)14-22(26)24-18-8-7-9-19(15-18)29-16-23(27)25-12-5-6-13-25/h3-4,7-11,15,17H,5-6,12-14,16H2,1-2H3,(H,24,26). The predicted octanol–water partition coefficient (Wildman–Crippen LogP) is 3.83. The molecule has 1 N–H and O–H groups in total. The minimum absolute atomic E-state index is 0.00238. The number of hydrogen-bond acceptors (Lipinski definition) is 4. The molecule has 6 heteroatoms. The van der Waals surface area contributed by atoms with E-state index in [2.05, 4.69) is 5.32 Å². The summed E-state index contributed by atoms with van der Waals surface area (Å²) in [5.41, 5.74) is 1.65. The Hall–Kier alpha value is -3.02. The van der Waals surface area contributed by atoms with Gasteiger partial charge in [0.2, 0.25) is 5.91 Å². The Morgan fingerprint density at radius 1 is 1.10 bits per heavy atom. The van der Waals surface area contributed by atoms with Crippen LogP contribution >= 0.6 is 0 Å². The van der Waals surface area contributed by atoms with E-state index in [1.165, 1.54) is 0 Å². The van der Waals surface area contributed by atoms with Crippen LogP contribution in [0.3, 0.4) is 0 Å². The van der Waals surface area contributed by atoms with Crippen molar-refractivity contribution in [2.45, 2.75) is 32.1 Å². The molecule has 0 bridgehead atoms. The topological polar surface area (TPSA) is 67.9 Å². The molecule has 0 aromatic heterocycles. The maximum atomic E-state index is 12.5. The molecule has 1 heterocycles. The number of methoxy groups -OCH3 is 1. The molecule has 3 rings (SSSR count). The number of nitrogens with zero attached hydrogens (tertiary/aromatic N) is 1. The van der Waals surface area contributed by atoms with Gasteiger partial charge in [0.05, 0.1) is 7.11 Å². The summed E-state index contributed by atoms with van der Waals surface area (Å²) in [6, 6.07) is 14.9. The van der Waals surface area contributed by atoms with Gasteiger partial charge < -0.3 is 19.7 Å². The Morgan fingerprint density at radius 3 is 2.62 bits per heavy atom. The predicted molar refractivity (Wildman–Crippen MR) is 112 cm³/mol. The van der Waals surface area contributed by atoms with Crippen molar-refractivity contribution in [2.24, 2.45) is 0 Å². The van der Waals surface area contributed by atoms with Crippen LogP contribution in [0.15, 0.2) is 48.5 Å². The number of carbonyl (C=O) groups is 2. The monoisotopic (exact) mass is 396 g/mol. The van der Waals surface area contributed by atoms with Crippen LogP contribution in [0.5, 0.6) is 11.5 Å². The van der Waals surface area contributed by atoms with Gasteiger partial charge in [0.1, 0.15) is 11.5 Å². The van der Waals surface area contributed by atoms with E-state index in [1.54, 1.807) is 31.4 Å². The number of benzene rings is 2. The van der Waals surface area contributed by atoms with Gasteiger partial charge in [0.15, 0.2) is 6.61 Å². The second-order valence-electron chi connectivity index (χ2n) is 7.30. The molecular formula is C23H28N2O4. The zero-order valence-corrected chi connectivity index (χ0v) is 17.0. The fraction of sp³-hybridized carbons (Fsp3) is 0.391. The van der Waals surface area contributed by atoms with E-state index < -0.39 is 0 Å². The summed E-state index contributed by atoms with van der Waals surface area (Å²) in [6.45, 7) is 3.63. The molecule has 1 aliphatic heterocycles. The molecule has 29 heavy (non-hydrogen) atoms. The van der Waals surface area contributed by atoms with E-state index in [-0.39, 0.29) is 24.3 Å². The number of ether oxygens (including phenoxy) is 2. The summed E-state index contributed by atoms with van der Waals surface area (Å²) < 4.78 is 11.0. The van der Waals surface area contributed by atoms with Crippen LogP contribution in [0, 0.1) is 0 Å². The largest absolute Gasteiger partial charge is 0.496 e. The van der Waals surface area contributed by atoms with Gasteiger partial charge in [-0.1, -0.05) is 31.2 Å². The van der Waals surface area contributed by atoms with Gasteiger partial charge in [0, 0.05) is 31.3 Å². The number of likely N-dealkylation sites (tertiary alicyclic amines) is 1. The highest BCUT2D eigenvalue weighted by Crippen LogP contribution is 2.29. The quantitative estimate of drug-likeness (QED) is 0.736. The Bertz CT molecular complexity index is 846. The van der Waals surface area contributed by atoms with Crippen LogP contribution in [-0.4, -0.2) is 43.5 Å². The first kappa shape index (κ1) is 20.7. The lowest BCUT2D eigenvalue weighted by Crippen LogP contribution is -2.32. The summed E-state index contributed by atoms with van der Waals surface area (Å²) in [5.74, 6) is 1.28. The van der Waals surface area contributed by atoms with Gasteiger partial charge in [0.25, 0.3) is 5.91 Å². The lowest BCUT2D eigenvalue weighted by atomic mass is 9.96. The van der Waals surface area contributed by atoms with Gasteiger partial charge in [-0.25, -0.2) is 0 Å². The number of para-hydroxylation sites is 1. The fourth-order valence-electron chi connectivity index (χ4n) is 3.54. The molecule has 1 saturated heterocycles. The van der Waals surface area contributed by atoms with Crippen LogP contribution < -0.4 is 14.8 Å². The number of nitrogens with one attached hydrogen (secondary N) is 1. The molecule has 2 aromatic carbocycles. The first-order chi connectivity index (χ1) is 14.1. The first-order valence-corrected chi connectivity index (χ1v) is 10.00. The second-order valence-corrected chi connectivity index (χ2v) is 7.30. The van der Waals surface area contributed by atoms with E-state index >= 15 is 0 Å². The zero-order chi connectivity index (χ0) is 20.6. The molecule has 0 radical (unpaired) electrons. The molecule has 1 fully saturated rings. The third-order valence-corrected chi connectivity index (χ3v) is 5.10. The second kappa shape index (κ2) is 9.96. The van der Waals surface area contributed by atoms with Crippen LogP contribution in [-0.2, 0) is 9.59 Å². The lowest BCUT2D eigenvalue weighted by Gasteiger charge is -2.16. The van der Waals surface area contributed by atoms with Crippen molar-refractivity contribution in [3.63, 3.8) is 0 Å². The van der Waals surface area contributed by atoms with Crippen molar-refractivity contribution < 1.29 is 19.1 Å². The maximum Gasteiger partial charge on any atom is 0.260 e. The average Bonchev–Trinajstić information content (AvgIpc) is 3.27.